The van der Waals surface area contributed by atoms with E-state index >= 15 is 0 Å². The van der Waals surface area contributed by atoms with Crippen molar-refractivity contribution in [1.29, 1.82) is 0 Å². The molecule has 2 aliphatic heterocycles. The average Bonchev–Trinajstić information content (AvgIpc) is 2.99. The molecular weight excluding hydrogens is 268 g/mol. The first kappa shape index (κ1) is 13.9. The lowest BCUT2D eigenvalue weighted by Gasteiger charge is -2.35. The maximum Gasteiger partial charge on any atom is 0.261 e. The zero-order chi connectivity index (χ0) is 14.7. The van der Waals surface area contributed by atoms with Crippen molar-refractivity contribution in [3.8, 4) is 0 Å². The molecule has 0 bridgehead atoms. The minimum Gasteiger partial charge on any atom is -0.380 e. The fraction of sp³-hybridized carbons (Fsp3) is 0.467. The number of nitrogens with two attached hydrogens (primary N) is 1. The monoisotopic (exact) mass is 288 g/mol. The van der Waals surface area contributed by atoms with Gasteiger partial charge in [0.25, 0.3) is 5.91 Å². The van der Waals surface area contributed by atoms with Crippen LogP contribution in [0.2, 0.25) is 0 Å². The first-order valence-corrected chi connectivity index (χ1v) is 7.25. The summed E-state index contributed by atoms with van der Waals surface area (Å²) in [6.07, 6.45) is -0.101. The van der Waals surface area contributed by atoms with E-state index in [0.29, 0.717) is 6.42 Å². The number of benzene rings is 1. The molecule has 3 rings (SSSR count). The van der Waals surface area contributed by atoms with Gasteiger partial charge in [0.2, 0.25) is 6.10 Å². The van der Waals surface area contributed by atoms with Gasteiger partial charge in [-0.2, -0.15) is 0 Å². The van der Waals surface area contributed by atoms with E-state index < -0.39 is 12.0 Å². The van der Waals surface area contributed by atoms with E-state index in [1.807, 2.05) is 6.07 Å². The Morgan fingerprint density at radius 3 is 2.57 bits per heavy atom. The van der Waals surface area contributed by atoms with Crippen molar-refractivity contribution >= 4 is 11.7 Å². The number of amides is 1. The maximum atomic E-state index is 11.1. The summed E-state index contributed by atoms with van der Waals surface area (Å²) in [7, 11) is 0. The number of hydrogen-bond acceptors (Lipinski definition) is 5. The van der Waals surface area contributed by atoms with E-state index in [1.165, 1.54) is 5.56 Å². The minimum absolute atomic E-state index is 0.448. The van der Waals surface area contributed by atoms with Crippen molar-refractivity contribution in [2.45, 2.75) is 19.1 Å². The molecule has 1 saturated heterocycles. The molecule has 0 aliphatic carbocycles. The molecule has 2 N–H and O–H groups in total. The van der Waals surface area contributed by atoms with E-state index in [0.717, 1.165) is 38.6 Å². The van der Waals surface area contributed by atoms with Crippen LogP contribution in [0.15, 0.2) is 35.5 Å². The fourth-order valence-electron chi connectivity index (χ4n) is 2.71. The van der Waals surface area contributed by atoms with Crippen molar-refractivity contribution in [2.75, 3.05) is 26.2 Å². The highest BCUT2D eigenvalue weighted by atomic mass is 16.6. The molecule has 2 aliphatic rings. The van der Waals surface area contributed by atoms with Crippen molar-refractivity contribution < 1.29 is 9.63 Å². The number of primary amides is 1. The molecule has 112 valence electrons. The first-order chi connectivity index (χ1) is 10.2. The van der Waals surface area contributed by atoms with Gasteiger partial charge in [0.15, 0.2) is 0 Å². The molecule has 6 heteroatoms. The van der Waals surface area contributed by atoms with E-state index in [4.69, 9.17) is 10.6 Å². The Bertz CT molecular complexity index is 524. The second-order valence-corrected chi connectivity index (χ2v) is 5.46. The van der Waals surface area contributed by atoms with Crippen LogP contribution in [0, 0.1) is 0 Å². The molecular formula is C15H20N4O2. The van der Waals surface area contributed by atoms with Crippen LogP contribution in [-0.4, -0.2) is 53.8 Å². The van der Waals surface area contributed by atoms with Gasteiger partial charge < -0.3 is 15.5 Å². The minimum atomic E-state index is -0.595. The third-order valence-electron chi connectivity index (χ3n) is 3.96. The number of piperazine rings is 1. The smallest absolute Gasteiger partial charge is 0.261 e. The van der Waals surface area contributed by atoms with Crippen molar-refractivity contribution in [3.05, 3.63) is 35.9 Å². The van der Waals surface area contributed by atoms with Gasteiger partial charge in [-0.1, -0.05) is 35.5 Å². The number of hydrogen-bond donors (Lipinski definition) is 1. The largest absolute Gasteiger partial charge is 0.380 e. The number of carbonyl (C=O) groups excluding carboxylic acids is 1. The van der Waals surface area contributed by atoms with Crippen LogP contribution < -0.4 is 5.73 Å². The first-order valence-electron chi connectivity index (χ1n) is 7.25. The molecule has 1 unspecified atom stereocenters. The van der Waals surface area contributed by atoms with Crippen LogP contribution in [0.5, 0.6) is 0 Å². The van der Waals surface area contributed by atoms with Crippen LogP contribution in [0.25, 0.3) is 0 Å². The zero-order valence-electron chi connectivity index (χ0n) is 11.9. The number of oxime groups is 1. The van der Waals surface area contributed by atoms with Gasteiger partial charge >= 0.3 is 0 Å². The Hall–Kier alpha value is -2.08. The normalized spacial score (nSPS) is 22.8. The molecule has 2 heterocycles. The third-order valence-corrected chi connectivity index (χ3v) is 3.96. The second kappa shape index (κ2) is 6.13. The summed E-state index contributed by atoms with van der Waals surface area (Å²) in [5.41, 5.74) is 6.57. The summed E-state index contributed by atoms with van der Waals surface area (Å²) >= 11 is 0. The van der Waals surface area contributed by atoms with E-state index in [9.17, 15) is 4.79 Å². The number of carbonyl (C=O) groups is 1. The van der Waals surface area contributed by atoms with E-state index in [1.54, 1.807) is 0 Å². The van der Waals surface area contributed by atoms with Crippen LogP contribution in [0.1, 0.15) is 12.0 Å². The van der Waals surface area contributed by atoms with Crippen LogP contribution in [0.4, 0.5) is 0 Å². The van der Waals surface area contributed by atoms with E-state index in [2.05, 4.69) is 39.2 Å². The molecule has 0 aromatic heterocycles. The summed E-state index contributed by atoms with van der Waals surface area (Å²) in [5, 5.41) is 3.99. The van der Waals surface area contributed by atoms with Crippen LogP contribution in [-0.2, 0) is 16.2 Å². The summed E-state index contributed by atoms with van der Waals surface area (Å²) in [4.78, 5) is 20.8. The van der Waals surface area contributed by atoms with Crippen molar-refractivity contribution in [3.63, 3.8) is 0 Å². The standard InChI is InChI=1S/C15H20N4O2/c16-15(20)13-10-14(17-21-13)19-8-6-18(7-9-19)11-12-4-2-1-3-5-12/h1-5,13H,6-11H2,(H2,16,20). The maximum absolute atomic E-state index is 11.1. The Morgan fingerprint density at radius 2 is 1.95 bits per heavy atom. The quantitative estimate of drug-likeness (QED) is 0.873. The summed E-state index contributed by atoms with van der Waals surface area (Å²) in [6, 6.07) is 10.5. The van der Waals surface area contributed by atoms with Gasteiger partial charge in [-0.3, -0.25) is 9.69 Å². The molecule has 1 fully saturated rings. The third kappa shape index (κ3) is 3.33. The molecule has 0 radical (unpaired) electrons. The Kier molecular flexibility index (Phi) is 4.06. The molecule has 6 nitrogen and oxygen atoms in total. The molecule has 1 atom stereocenters. The lowest BCUT2D eigenvalue weighted by Crippen LogP contribution is -2.48. The van der Waals surface area contributed by atoms with Gasteiger partial charge in [0.1, 0.15) is 5.84 Å². The fourth-order valence-corrected chi connectivity index (χ4v) is 2.71. The van der Waals surface area contributed by atoms with Crippen LogP contribution in [0.3, 0.4) is 0 Å². The number of nitrogens with zero attached hydrogens (tertiary/aromatic N) is 3. The topological polar surface area (TPSA) is 71.2 Å². The van der Waals surface area contributed by atoms with Crippen LogP contribution >= 0.6 is 0 Å². The predicted octanol–water partition coefficient (Wildman–Crippen LogP) is 0.392. The van der Waals surface area contributed by atoms with Gasteiger partial charge in [-0.25, -0.2) is 0 Å². The Morgan fingerprint density at radius 1 is 1.24 bits per heavy atom. The Balaban J connectivity index is 1.48. The average molecular weight is 288 g/mol. The van der Waals surface area contributed by atoms with Gasteiger partial charge in [-0.15, -0.1) is 0 Å². The highest BCUT2D eigenvalue weighted by Crippen LogP contribution is 2.16. The molecule has 0 spiro atoms. The zero-order valence-corrected chi connectivity index (χ0v) is 11.9. The van der Waals surface area contributed by atoms with Gasteiger partial charge in [-0.05, 0) is 5.56 Å². The number of amidine groups is 1. The summed E-state index contributed by atoms with van der Waals surface area (Å²) < 4.78 is 0. The highest BCUT2D eigenvalue weighted by Gasteiger charge is 2.30. The molecule has 1 aromatic carbocycles. The predicted molar refractivity (Wildman–Crippen MR) is 79.4 cm³/mol. The highest BCUT2D eigenvalue weighted by molar-refractivity contribution is 5.91. The molecule has 1 amide bonds. The molecule has 21 heavy (non-hydrogen) atoms. The van der Waals surface area contributed by atoms with Crippen molar-refractivity contribution in [1.82, 2.24) is 9.80 Å². The Labute approximate surface area is 124 Å². The van der Waals surface area contributed by atoms with Gasteiger partial charge in [0, 0.05) is 32.7 Å². The molecule has 0 saturated carbocycles. The lowest BCUT2D eigenvalue weighted by atomic mass is 10.2. The SMILES string of the molecule is NC(=O)C1CC(N2CCN(Cc3ccccc3)CC2)=NO1. The van der Waals surface area contributed by atoms with Crippen molar-refractivity contribution in [2.24, 2.45) is 10.9 Å². The van der Waals surface area contributed by atoms with E-state index in [-0.39, 0.29) is 0 Å². The number of rotatable bonds is 3. The summed E-state index contributed by atoms with van der Waals surface area (Å²) in [5.74, 6) is 0.398. The second-order valence-electron chi connectivity index (χ2n) is 5.46. The summed E-state index contributed by atoms with van der Waals surface area (Å²) in [6.45, 7) is 4.74. The molecule has 1 aromatic rings. The lowest BCUT2D eigenvalue weighted by molar-refractivity contribution is -0.127. The van der Waals surface area contributed by atoms with Gasteiger partial charge in [0.05, 0.1) is 6.42 Å².